The van der Waals surface area contributed by atoms with Gasteiger partial charge in [0.2, 0.25) is 11.8 Å². The van der Waals surface area contributed by atoms with Crippen molar-refractivity contribution < 1.29 is 9.59 Å². The number of nitrogens with zero attached hydrogens (tertiary/aromatic N) is 2. The number of rotatable bonds is 6. The van der Waals surface area contributed by atoms with Gasteiger partial charge in [0.05, 0.1) is 0 Å². The highest BCUT2D eigenvalue weighted by molar-refractivity contribution is 5.96. The van der Waals surface area contributed by atoms with E-state index in [0.29, 0.717) is 5.82 Å². The molecule has 6 nitrogen and oxygen atoms in total. The zero-order valence-corrected chi connectivity index (χ0v) is 17.9. The summed E-state index contributed by atoms with van der Waals surface area (Å²) in [6.07, 6.45) is 5.36. The Kier molecular flexibility index (Phi) is 6.40. The van der Waals surface area contributed by atoms with Crippen LogP contribution in [0.4, 0.5) is 5.82 Å². The summed E-state index contributed by atoms with van der Waals surface area (Å²) in [6, 6.07) is 11.7. The lowest BCUT2D eigenvalue weighted by molar-refractivity contribution is -0.139. The fourth-order valence-corrected chi connectivity index (χ4v) is 4.28. The lowest BCUT2D eigenvalue weighted by Gasteiger charge is -2.37. The van der Waals surface area contributed by atoms with E-state index in [9.17, 15) is 9.59 Å². The van der Waals surface area contributed by atoms with Crippen molar-refractivity contribution in [2.45, 2.75) is 77.3 Å². The highest BCUT2D eigenvalue weighted by Crippen LogP contribution is 2.31. The summed E-state index contributed by atoms with van der Waals surface area (Å²) < 4.78 is 0. The molecule has 1 unspecified atom stereocenters. The van der Waals surface area contributed by atoms with E-state index in [1.54, 1.807) is 18.7 Å². The maximum absolute atomic E-state index is 12.9. The Morgan fingerprint density at radius 2 is 1.83 bits per heavy atom. The number of H-pyrrole nitrogens is 1. The molecule has 1 aliphatic rings. The Hall–Kier alpha value is -2.63. The Bertz CT molecular complexity index is 838. The van der Waals surface area contributed by atoms with Crippen LogP contribution in [0.3, 0.4) is 0 Å². The number of aromatic amines is 1. The van der Waals surface area contributed by atoms with Crippen molar-refractivity contribution in [1.82, 2.24) is 15.1 Å². The molecule has 1 fully saturated rings. The van der Waals surface area contributed by atoms with Crippen molar-refractivity contribution >= 4 is 17.6 Å². The van der Waals surface area contributed by atoms with Crippen LogP contribution < -0.4 is 5.32 Å². The second kappa shape index (κ2) is 8.80. The number of benzene rings is 1. The average molecular weight is 397 g/mol. The third kappa shape index (κ3) is 4.69. The lowest BCUT2D eigenvalue weighted by atomic mass is 9.82. The molecule has 0 spiro atoms. The van der Waals surface area contributed by atoms with E-state index in [-0.39, 0.29) is 23.3 Å². The predicted octanol–water partition coefficient (Wildman–Crippen LogP) is 4.24. The van der Waals surface area contributed by atoms with Crippen molar-refractivity contribution in [2.75, 3.05) is 5.32 Å². The molecule has 2 N–H and O–H groups in total. The molecule has 3 rings (SSSR count). The number of amides is 2. The van der Waals surface area contributed by atoms with Gasteiger partial charge in [-0.15, -0.1) is 0 Å². The van der Waals surface area contributed by atoms with E-state index < -0.39 is 6.04 Å². The molecule has 0 aliphatic heterocycles. The van der Waals surface area contributed by atoms with E-state index in [1.807, 2.05) is 24.3 Å². The Morgan fingerprint density at radius 3 is 2.45 bits per heavy atom. The van der Waals surface area contributed by atoms with Gasteiger partial charge in [0.1, 0.15) is 6.04 Å². The minimum atomic E-state index is -0.530. The molecule has 2 aromatic rings. The molecule has 1 aromatic carbocycles. The normalized spacial score (nSPS) is 16.3. The van der Waals surface area contributed by atoms with Gasteiger partial charge in [0.25, 0.3) is 0 Å². The molecule has 0 saturated heterocycles. The lowest BCUT2D eigenvalue weighted by Crippen LogP contribution is -2.50. The number of hydrogen-bond donors (Lipinski definition) is 2. The average Bonchev–Trinajstić information content (AvgIpc) is 3.18. The van der Waals surface area contributed by atoms with Gasteiger partial charge in [-0.05, 0) is 25.3 Å². The van der Waals surface area contributed by atoms with Gasteiger partial charge in [-0.3, -0.25) is 14.7 Å². The fraction of sp³-hybridized carbons (Fsp3) is 0.522. The SMILES string of the molecule is CC(=O)N(C1CCCCC1)C(C)C(=O)Nc1cc(C(C)(C)c2ccccc2)[nH]n1. The van der Waals surface area contributed by atoms with Crippen LogP contribution in [0.15, 0.2) is 36.4 Å². The topological polar surface area (TPSA) is 78.1 Å². The van der Waals surface area contributed by atoms with Gasteiger partial charge in [0, 0.05) is 30.1 Å². The highest BCUT2D eigenvalue weighted by atomic mass is 16.2. The zero-order valence-electron chi connectivity index (χ0n) is 17.9. The number of hydrogen-bond acceptors (Lipinski definition) is 3. The molecule has 1 saturated carbocycles. The Balaban J connectivity index is 1.71. The Morgan fingerprint density at radius 1 is 1.17 bits per heavy atom. The first-order chi connectivity index (χ1) is 13.8. The predicted molar refractivity (Wildman–Crippen MR) is 115 cm³/mol. The standard InChI is InChI=1S/C23H32N4O2/c1-16(27(17(2)28)19-13-9-6-10-14-19)22(29)24-21-15-20(25-26-21)23(3,4)18-11-7-5-8-12-18/h5,7-8,11-12,15-16,19H,6,9-10,13-14H2,1-4H3,(H2,24,25,26,29). The Labute approximate surface area is 173 Å². The molecule has 1 heterocycles. The van der Waals surface area contributed by atoms with Gasteiger partial charge < -0.3 is 10.2 Å². The van der Waals surface area contributed by atoms with Crippen LogP contribution >= 0.6 is 0 Å². The van der Waals surface area contributed by atoms with Gasteiger partial charge in [-0.2, -0.15) is 5.10 Å². The minimum absolute atomic E-state index is 0.0486. The summed E-state index contributed by atoms with van der Waals surface area (Å²) in [6.45, 7) is 7.58. The molecule has 6 heteroatoms. The van der Waals surface area contributed by atoms with Crippen LogP contribution in [0, 0.1) is 0 Å². The molecular weight excluding hydrogens is 364 g/mol. The molecule has 2 amide bonds. The van der Waals surface area contributed by atoms with Crippen molar-refractivity contribution in [3.63, 3.8) is 0 Å². The summed E-state index contributed by atoms with van der Waals surface area (Å²) in [4.78, 5) is 26.9. The van der Waals surface area contributed by atoms with Crippen molar-refractivity contribution in [3.8, 4) is 0 Å². The number of carbonyl (C=O) groups is 2. The molecule has 0 bridgehead atoms. The van der Waals surface area contributed by atoms with E-state index in [2.05, 4.69) is 41.5 Å². The maximum atomic E-state index is 12.9. The summed E-state index contributed by atoms with van der Waals surface area (Å²) >= 11 is 0. The summed E-state index contributed by atoms with van der Waals surface area (Å²) in [7, 11) is 0. The van der Waals surface area contributed by atoms with Crippen molar-refractivity contribution in [3.05, 3.63) is 47.7 Å². The number of nitrogens with one attached hydrogen (secondary N) is 2. The number of carbonyl (C=O) groups excluding carboxylic acids is 2. The molecule has 1 aliphatic carbocycles. The summed E-state index contributed by atoms with van der Waals surface area (Å²) in [5.74, 6) is 0.224. The smallest absolute Gasteiger partial charge is 0.248 e. The molecule has 1 atom stereocenters. The minimum Gasteiger partial charge on any atom is -0.328 e. The van der Waals surface area contributed by atoms with E-state index in [4.69, 9.17) is 0 Å². The van der Waals surface area contributed by atoms with Crippen LogP contribution in [0.1, 0.15) is 71.1 Å². The van der Waals surface area contributed by atoms with Crippen LogP contribution in [0.2, 0.25) is 0 Å². The first-order valence-electron chi connectivity index (χ1n) is 10.5. The van der Waals surface area contributed by atoms with E-state index in [0.717, 1.165) is 36.9 Å². The number of aromatic nitrogens is 2. The maximum Gasteiger partial charge on any atom is 0.248 e. The molecule has 156 valence electrons. The quantitative estimate of drug-likeness (QED) is 0.766. The molecule has 1 aromatic heterocycles. The summed E-state index contributed by atoms with van der Waals surface area (Å²) in [5.41, 5.74) is 1.81. The second-order valence-corrected chi connectivity index (χ2v) is 8.54. The first-order valence-corrected chi connectivity index (χ1v) is 10.5. The zero-order chi connectivity index (χ0) is 21.0. The second-order valence-electron chi connectivity index (χ2n) is 8.54. The molecule has 29 heavy (non-hydrogen) atoms. The number of anilines is 1. The summed E-state index contributed by atoms with van der Waals surface area (Å²) in [5, 5.41) is 10.2. The monoisotopic (exact) mass is 396 g/mol. The van der Waals surface area contributed by atoms with Gasteiger partial charge in [-0.25, -0.2) is 0 Å². The van der Waals surface area contributed by atoms with Crippen LogP contribution in [0.5, 0.6) is 0 Å². The van der Waals surface area contributed by atoms with Gasteiger partial charge in [-0.1, -0.05) is 63.4 Å². The first kappa shape index (κ1) is 21.1. The van der Waals surface area contributed by atoms with Crippen molar-refractivity contribution in [2.24, 2.45) is 0 Å². The highest BCUT2D eigenvalue weighted by Gasteiger charge is 2.32. The largest absolute Gasteiger partial charge is 0.328 e. The van der Waals surface area contributed by atoms with Crippen LogP contribution in [-0.2, 0) is 15.0 Å². The van der Waals surface area contributed by atoms with Gasteiger partial charge >= 0.3 is 0 Å². The third-order valence-electron chi connectivity index (χ3n) is 6.13. The molecular formula is C23H32N4O2. The van der Waals surface area contributed by atoms with Gasteiger partial charge in [0.15, 0.2) is 5.82 Å². The van der Waals surface area contributed by atoms with E-state index in [1.165, 1.54) is 6.42 Å². The third-order valence-corrected chi connectivity index (χ3v) is 6.13. The van der Waals surface area contributed by atoms with Crippen LogP contribution in [-0.4, -0.2) is 39.0 Å². The fourth-order valence-electron chi connectivity index (χ4n) is 4.28. The molecule has 0 radical (unpaired) electrons. The van der Waals surface area contributed by atoms with Crippen molar-refractivity contribution in [1.29, 1.82) is 0 Å². The van der Waals surface area contributed by atoms with Crippen LogP contribution in [0.25, 0.3) is 0 Å². The van der Waals surface area contributed by atoms with E-state index >= 15 is 0 Å².